The van der Waals surface area contributed by atoms with E-state index in [2.05, 4.69) is 135 Å². The minimum atomic E-state index is -4.65. The minimum Gasteiger partial charge on any atom is -0.756 e. The fourth-order valence-corrected chi connectivity index (χ4v) is 12.9. The molecule has 9 nitrogen and oxygen atoms in total. The third-order valence-electron chi connectivity index (χ3n) is 18.5. The molecule has 10 heteroatoms. The van der Waals surface area contributed by atoms with E-state index >= 15 is 0 Å². The molecule has 0 heterocycles. The van der Waals surface area contributed by atoms with Crippen molar-refractivity contribution < 1.29 is 42.1 Å². The molecule has 100 heavy (non-hydrogen) atoms. The zero-order chi connectivity index (χ0) is 72.5. The number of hydrogen-bond donors (Lipinski definition) is 0. The van der Waals surface area contributed by atoms with E-state index in [9.17, 15) is 19.0 Å². The Morgan fingerprint density at radius 3 is 0.800 bits per heavy atom. The summed E-state index contributed by atoms with van der Waals surface area (Å²) < 4.78 is 34.5. The lowest BCUT2D eigenvalue weighted by molar-refractivity contribution is -0.870. The highest BCUT2D eigenvalue weighted by Gasteiger charge is 2.22. The van der Waals surface area contributed by atoms with Gasteiger partial charge < -0.3 is 27.9 Å². The van der Waals surface area contributed by atoms with Crippen LogP contribution >= 0.6 is 7.82 Å². The standard InChI is InChI=1S/C90H160NO8P/c1-6-8-10-12-14-16-18-20-22-24-26-28-30-32-34-36-38-40-42-43-44-45-46-47-49-50-52-54-56-58-60-62-64-66-68-70-72-74-76-78-80-82-89(92)96-86-88(87-98-100(94,95)97-85-84-91(3,4)5)99-90(93)83-81-79-77-75-73-71-69-67-65-63-61-59-57-55-53-51-48-41-39-37-35-33-31-29-27-25-23-21-19-17-15-13-11-9-7-2/h8-11,14-17,20-23,26-29,33,35,39,41,88H,6-7,12-13,18-19,24-25,30-32,34,36-38,40,42-87H2,1-5H3/b10-8-,11-9-,16-14-,17-15-,22-20-,23-21-,28-26-,29-27-,35-33-,41-39-. The van der Waals surface area contributed by atoms with Crippen LogP contribution in [-0.4, -0.2) is 70.0 Å². The van der Waals surface area contributed by atoms with Gasteiger partial charge in [-0.3, -0.25) is 14.2 Å². The van der Waals surface area contributed by atoms with Crippen LogP contribution in [0.4, 0.5) is 0 Å². The van der Waals surface area contributed by atoms with Gasteiger partial charge in [-0.2, -0.15) is 0 Å². The number of allylic oxidation sites excluding steroid dienone is 20. The van der Waals surface area contributed by atoms with Gasteiger partial charge in [0.2, 0.25) is 0 Å². The number of carbonyl (C=O) groups excluding carboxylic acids is 2. The lowest BCUT2D eigenvalue weighted by Gasteiger charge is -2.28. The average molecular weight is 1420 g/mol. The van der Waals surface area contributed by atoms with Crippen molar-refractivity contribution in [1.29, 1.82) is 0 Å². The van der Waals surface area contributed by atoms with Gasteiger partial charge in [-0.1, -0.05) is 392 Å². The monoisotopic (exact) mass is 1410 g/mol. The maximum absolute atomic E-state index is 12.9. The Labute approximate surface area is 619 Å². The normalized spacial score (nSPS) is 13.6. The molecular weight excluding hydrogens is 1250 g/mol. The summed E-state index contributed by atoms with van der Waals surface area (Å²) in [6.07, 6.45) is 115. The predicted octanol–water partition coefficient (Wildman–Crippen LogP) is 27.9. The fraction of sp³-hybridized carbons (Fsp3) is 0.756. The summed E-state index contributed by atoms with van der Waals surface area (Å²) in [6, 6.07) is 0. The lowest BCUT2D eigenvalue weighted by Crippen LogP contribution is -2.37. The Morgan fingerprint density at radius 2 is 0.540 bits per heavy atom. The molecular formula is C90H160NO8P. The van der Waals surface area contributed by atoms with Crippen molar-refractivity contribution in [3.63, 3.8) is 0 Å². The number of hydrogen-bond acceptors (Lipinski definition) is 8. The van der Waals surface area contributed by atoms with E-state index in [1.54, 1.807) is 0 Å². The smallest absolute Gasteiger partial charge is 0.306 e. The molecule has 0 fully saturated rings. The Hall–Kier alpha value is -3.59. The largest absolute Gasteiger partial charge is 0.756 e. The van der Waals surface area contributed by atoms with Crippen molar-refractivity contribution in [1.82, 2.24) is 0 Å². The summed E-state index contributed by atoms with van der Waals surface area (Å²) in [5, 5.41) is 0. The van der Waals surface area contributed by atoms with E-state index < -0.39 is 26.5 Å². The first-order chi connectivity index (χ1) is 49.0. The number of quaternary nitrogens is 1. The van der Waals surface area contributed by atoms with E-state index in [1.807, 2.05) is 21.1 Å². The third kappa shape index (κ3) is 83.4. The van der Waals surface area contributed by atoms with Crippen LogP contribution < -0.4 is 4.89 Å². The first-order valence-corrected chi connectivity index (χ1v) is 43.7. The van der Waals surface area contributed by atoms with Crippen LogP contribution in [0.1, 0.15) is 386 Å². The van der Waals surface area contributed by atoms with E-state index in [4.69, 9.17) is 18.5 Å². The number of rotatable bonds is 78. The molecule has 0 saturated heterocycles. The summed E-state index contributed by atoms with van der Waals surface area (Å²) in [4.78, 5) is 38.2. The van der Waals surface area contributed by atoms with E-state index in [0.717, 1.165) is 103 Å². The number of unbranched alkanes of at least 4 members (excludes halogenated alkanes) is 44. The SMILES string of the molecule is CC/C=C\C/C=C\C/C=C\C/C=C\C/C=C\C/C=C\CCCCCCCCCCCCCCCCCCC(=O)OC(COC(=O)CCCCCCCCCCCCCCCCCCCCCCCCCCCCCC/C=C\C/C=C\C/C=C\C/C=C\CC)COP(=O)([O-])OCC[N+](C)(C)C. The van der Waals surface area contributed by atoms with Gasteiger partial charge in [-0.05, 0) is 103 Å². The number of likely N-dealkylation sites (N-methyl/N-ethyl adjacent to an activating group) is 1. The molecule has 0 spiro atoms. The maximum atomic E-state index is 12.9. The third-order valence-corrected chi connectivity index (χ3v) is 19.4. The van der Waals surface area contributed by atoms with Gasteiger partial charge in [0.15, 0.2) is 6.10 Å². The average Bonchev–Trinajstić information content (AvgIpc) is 1.65. The Bertz CT molecular complexity index is 2110. The molecule has 0 aliphatic carbocycles. The second kappa shape index (κ2) is 79.5. The van der Waals surface area contributed by atoms with Crippen LogP contribution in [-0.2, 0) is 32.7 Å². The van der Waals surface area contributed by atoms with Crippen molar-refractivity contribution in [2.45, 2.75) is 392 Å². The van der Waals surface area contributed by atoms with Crippen LogP contribution in [0.3, 0.4) is 0 Å². The highest BCUT2D eigenvalue weighted by atomic mass is 31.2. The maximum Gasteiger partial charge on any atom is 0.306 e. The van der Waals surface area contributed by atoms with Crippen molar-refractivity contribution >= 4 is 19.8 Å². The highest BCUT2D eigenvalue weighted by Crippen LogP contribution is 2.38. The van der Waals surface area contributed by atoms with Crippen LogP contribution in [0.5, 0.6) is 0 Å². The van der Waals surface area contributed by atoms with Crippen LogP contribution in [0, 0.1) is 0 Å². The van der Waals surface area contributed by atoms with Gasteiger partial charge in [0, 0.05) is 12.8 Å². The molecule has 0 saturated carbocycles. The number of phosphoric acid groups is 1. The van der Waals surface area contributed by atoms with Gasteiger partial charge in [0.05, 0.1) is 27.7 Å². The number of carbonyl (C=O) groups is 2. The van der Waals surface area contributed by atoms with Crippen molar-refractivity contribution in [2.75, 3.05) is 47.5 Å². The van der Waals surface area contributed by atoms with E-state index in [1.165, 1.54) is 250 Å². The number of nitrogens with zero attached hydrogens (tertiary/aromatic N) is 1. The minimum absolute atomic E-state index is 0.0318. The molecule has 2 unspecified atom stereocenters. The van der Waals surface area contributed by atoms with Crippen molar-refractivity contribution in [3.05, 3.63) is 122 Å². The van der Waals surface area contributed by atoms with Gasteiger partial charge in [-0.15, -0.1) is 0 Å². The Balaban J connectivity index is 3.90. The molecule has 2 atom stereocenters. The van der Waals surface area contributed by atoms with Gasteiger partial charge in [0.1, 0.15) is 19.8 Å². The van der Waals surface area contributed by atoms with Crippen LogP contribution in [0.2, 0.25) is 0 Å². The molecule has 0 aliphatic heterocycles. The highest BCUT2D eigenvalue weighted by molar-refractivity contribution is 7.45. The summed E-state index contributed by atoms with van der Waals surface area (Å²) in [6.45, 7) is 4.06. The van der Waals surface area contributed by atoms with Gasteiger partial charge in [-0.25, -0.2) is 0 Å². The fourth-order valence-electron chi connectivity index (χ4n) is 12.1. The zero-order valence-electron chi connectivity index (χ0n) is 66.1. The van der Waals surface area contributed by atoms with Gasteiger partial charge in [0.25, 0.3) is 7.82 Å². The van der Waals surface area contributed by atoms with E-state index in [-0.39, 0.29) is 32.0 Å². The molecule has 0 aromatic heterocycles. The molecule has 0 N–H and O–H groups in total. The summed E-state index contributed by atoms with van der Waals surface area (Å²) in [5.41, 5.74) is 0. The number of phosphoric ester groups is 1. The van der Waals surface area contributed by atoms with Crippen LogP contribution in [0.15, 0.2) is 122 Å². The van der Waals surface area contributed by atoms with Crippen molar-refractivity contribution in [3.8, 4) is 0 Å². The Morgan fingerprint density at radius 1 is 0.310 bits per heavy atom. The second-order valence-electron chi connectivity index (χ2n) is 29.4. The number of ether oxygens (including phenoxy) is 2. The first kappa shape index (κ1) is 96.4. The summed E-state index contributed by atoms with van der Waals surface area (Å²) >= 11 is 0. The second-order valence-corrected chi connectivity index (χ2v) is 30.8. The summed E-state index contributed by atoms with van der Waals surface area (Å²) in [5.74, 6) is -0.817. The van der Waals surface area contributed by atoms with Crippen LogP contribution in [0.25, 0.3) is 0 Å². The van der Waals surface area contributed by atoms with Gasteiger partial charge >= 0.3 is 11.9 Å². The molecule has 0 aliphatic rings. The zero-order valence-corrected chi connectivity index (χ0v) is 67.0. The summed E-state index contributed by atoms with van der Waals surface area (Å²) in [7, 11) is 1.18. The molecule has 0 rings (SSSR count). The quantitative estimate of drug-likeness (QED) is 0.0195. The molecule has 0 aromatic carbocycles. The molecule has 0 aromatic rings. The number of esters is 2. The van der Waals surface area contributed by atoms with Crippen molar-refractivity contribution in [2.24, 2.45) is 0 Å². The topological polar surface area (TPSA) is 111 Å². The Kier molecular flexibility index (Phi) is 76.7. The molecule has 0 bridgehead atoms. The molecule has 0 amide bonds. The molecule has 0 radical (unpaired) electrons. The first-order valence-electron chi connectivity index (χ1n) is 42.2. The van der Waals surface area contributed by atoms with E-state index in [0.29, 0.717) is 17.4 Å². The predicted molar refractivity (Wildman–Crippen MR) is 434 cm³/mol. The lowest BCUT2D eigenvalue weighted by atomic mass is 10.0. The molecule has 578 valence electrons.